The molecular weight excluding hydrogens is 324 g/mol. The molecular formula is C19H25ClN2O2. The average molecular weight is 349 g/mol. The molecule has 130 valence electrons. The number of nitrogens with one attached hydrogen (secondary N) is 1. The lowest BCUT2D eigenvalue weighted by Gasteiger charge is -2.39. The molecule has 1 saturated heterocycles. The number of likely N-dealkylation sites (tertiary alicyclic amines) is 1. The molecule has 2 unspecified atom stereocenters. The molecule has 0 radical (unpaired) electrons. The normalized spacial score (nSPS) is 27.8. The summed E-state index contributed by atoms with van der Waals surface area (Å²) in [7, 11) is 0. The number of rotatable bonds is 2. The molecule has 1 heterocycles. The van der Waals surface area contributed by atoms with Crippen LogP contribution in [0.1, 0.15) is 45.6 Å². The van der Waals surface area contributed by atoms with Crippen molar-refractivity contribution in [2.45, 2.75) is 52.6 Å². The predicted octanol–water partition coefficient (Wildman–Crippen LogP) is 3.38. The van der Waals surface area contributed by atoms with Crippen molar-refractivity contribution in [1.29, 1.82) is 0 Å². The van der Waals surface area contributed by atoms with Gasteiger partial charge in [-0.15, -0.1) is 0 Å². The van der Waals surface area contributed by atoms with Gasteiger partial charge in [-0.1, -0.05) is 44.5 Å². The monoisotopic (exact) mass is 348 g/mol. The van der Waals surface area contributed by atoms with Crippen LogP contribution in [0.5, 0.6) is 0 Å². The molecule has 2 atom stereocenters. The summed E-state index contributed by atoms with van der Waals surface area (Å²) in [6.45, 7) is 7.77. The van der Waals surface area contributed by atoms with Crippen LogP contribution in [0.4, 0.5) is 0 Å². The molecule has 24 heavy (non-hydrogen) atoms. The van der Waals surface area contributed by atoms with Gasteiger partial charge >= 0.3 is 11.8 Å². The van der Waals surface area contributed by atoms with Gasteiger partial charge in [0.15, 0.2) is 0 Å². The summed E-state index contributed by atoms with van der Waals surface area (Å²) in [6, 6.07) is 7.43. The maximum atomic E-state index is 12.6. The first-order valence-electron chi connectivity index (χ1n) is 8.51. The lowest BCUT2D eigenvalue weighted by atomic mass is 9.65. The Bertz CT molecular complexity index is 656. The number of nitrogens with zero attached hydrogens (tertiary/aromatic N) is 1. The molecule has 0 aromatic heterocycles. The zero-order valence-electron chi connectivity index (χ0n) is 14.6. The Hall–Kier alpha value is -1.55. The Balaban J connectivity index is 1.62. The summed E-state index contributed by atoms with van der Waals surface area (Å²) in [5.74, 6) is -0.908. The van der Waals surface area contributed by atoms with Crippen molar-refractivity contribution in [3.8, 4) is 0 Å². The van der Waals surface area contributed by atoms with Crippen LogP contribution in [0, 0.1) is 10.8 Å². The van der Waals surface area contributed by atoms with Crippen molar-refractivity contribution in [2.75, 3.05) is 6.54 Å². The fourth-order valence-electron chi connectivity index (χ4n) is 4.69. The van der Waals surface area contributed by atoms with Crippen LogP contribution in [-0.2, 0) is 16.1 Å². The Morgan fingerprint density at radius 3 is 2.54 bits per heavy atom. The van der Waals surface area contributed by atoms with Gasteiger partial charge in [0.25, 0.3) is 0 Å². The van der Waals surface area contributed by atoms with Gasteiger partial charge in [-0.2, -0.15) is 0 Å². The summed E-state index contributed by atoms with van der Waals surface area (Å²) in [5.41, 5.74) is 1.29. The van der Waals surface area contributed by atoms with Crippen molar-refractivity contribution in [2.24, 2.45) is 10.8 Å². The van der Waals surface area contributed by atoms with Gasteiger partial charge in [0.1, 0.15) is 0 Å². The van der Waals surface area contributed by atoms with Crippen LogP contribution in [0.25, 0.3) is 0 Å². The molecule has 2 fully saturated rings. The van der Waals surface area contributed by atoms with Gasteiger partial charge < -0.3 is 10.2 Å². The summed E-state index contributed by atoms with van der Waals surface area (Å²) in [6.07, 6.45) is 3.08. The van der Waals surface area contributed by atoms with Crippen molar-refractivity contribution in [3.05, 3.63) is 34.9 Å². The number of hydrogen-bond donors (Lipinski definition) is 1. The van der Waals surface area contributed by atoms with E-state index in [1.807, 2.05) is 12.1 Å². The molecule has 1 aliphatic heterocycles. The SMILES string of the molecule is CC1(C)CC2CC(C)(CN2C(=O)C(=O)NCc2ccc(Cl)cc2)C1. The number of hydrogen-bond acceptors (Lipinski definition) is 2. The van der Waals surface area contributed by atoms with E-state index < -0.39 is 11.8 Å². The van der Waals surface area contributed by atoms with Gasteiger partial charge in [-0.3, -0.25) is 9.59 Å². The van der Waals surface area contributed by atoms with E-state index >= 15 is 0 Å². The number of amides is 2. The fraction of sp³-hybridized carbons (Fsp3) is 0.579. The second-order valence-electron chi connectivity index (χ2n) is 8.46. The highest BCUT2D eigenvalue weighted by Crippen LogP contribution is 2.52. The van der Waals surface area contributed by atoms with Crippen molar-refractivity contribution >= 4 is 23.4 Å². The first-order chi connectivity index (χ1) is 11.2. The molecule has 1 aliphatic carbocycles. The molecule has 5 heteroatoms. The molecule has 2 aliphatic rings. The lowest BCUT2D eigenvalue weighted by molar-refractivity contribution is -0.146. The highest BCUT2D eigenvalue weighted by atomic mass is 35.5. The molecule has 1 N–H and O–H groups in total. The summed E-state index contributed by atoms with van der Waals surface area (Å²) >= 11 is 5.85. The minimum atomic E-state index is -0.515. The number of carbonyl (C=O) groups excluding carboxylic acids is 2. The first kappa shape index (κ1) is 17.3. The Morgan fingerprint density at radius 2 is 1.88 bits per heavy atom. The fourth-order valence-corrected chi connectivity index (χ4v) is 4.81. The Labute approximate surface area is 148 Å². The lowest BCUT2D eigenvalue weighted by Crippen LogP contribution is -2.45. The predicted molar refractivity (Wildman–Crippen MR) is 94.5 cm³/mol. The van der Waals surface area contributed by atoms with Crippen LogP contribution in [0.2, 0.25) is 5.02 Å². The van der Waals surface area contributed by atoms with E-state index in [1.54, 1.807) is 17.0 Å². The van der Waals surface area contributed by atoms with Crippen molar-refractivity contribution in [3.63, 3.8) is 0 Å². The van der Waals surface area contributed by atoms with E-state index in [9.17, 15) is 9.59 Å². The molecule has 4 nitrogen and oxygen atoms in total. The second kappa shape index (κ2) is 6.07. The molecule has 3 rings (SSSR count). The van der Waals surface area contributed by atoms with Gasteiger partial charge in [0.05, 0.1) is 0 Å². The highest BCUT2D eigenvalue weighted by Gasteiger charge is 2.51. The summed E-state index contributed by atoms with van der Waals surface area (Å²) < 4.78 is 0. The molecule has 1 saturated carbocycles. The molecule has 2 amide bonds. The number of fused-ring (bicyclic) bond motifs is 2. The quantitative estimate of drug-likeness (QED) is 0.833. The van der Waals surface area contributed by atoms with Crippen molar-refractivity contribution < 1.29 is 9.59 Å². The second-order valence-corrected chi connectivity index (χ2v) is 8.89. The summed E-state index contributed by atoms with van der Waals surface area (Å²) in [5, 5.41) is 3.39. The highest BCUT2D eigenvalue weighted by molar-refractivity contribution is 6.35. The molecule has 1 aromatic rings. The van der Waals surface area contributed by atoms with Crippen molar-refractivity contribution in [1.82, 2.24) is 10.2 Å². The van der Waals surface area contributed by atoms with Crippen LogP contribution >= 0.6 is 11.6 Å². The van der Waals surface area contributed by atoms with E-state index in [4.69, 9.17) is 11.6 Å². The van der Waals surface area contributed by atoms with Crippen LogP contribution < -0.4 is 5.32 Å². The van der Waals surface area contributed by atoms with E-state index in [0.717, 1.165) is 24.8 Å². The summed E-state index contributed by atoms with van der Waals surface area (Å²) in [4.78, 5) is 26.7. The van der Waals surface area contributed by atoms with Gasteiger partial charge in [-0.05, 0) is 47.8 Å². The molecule has 1 aromatic carbocycles. The van der Waals surface area contributed by atoms with Gasteiger partial charge in [-0.25, -0.2) is 0 Å². The third-order valence-electron chi connectivity index (χ3n) is 5.24. The van der Waals surface area contributed by atoms with Gasteiger partial charge in [0, 0.05) is 24.2 Å². The number of benzene rings is 1. The molecule has 2 bridgehead atoms. The Kier molecular flexibility index (Phi) is 4.37. The third-order valence-corrected chi connectivity index (χ3v) is 5.49. The maximum absolute atomic E-state index is 12.6. The minimum absolute atomic E-state index is 0.137. The van der Waals surface area contributed by atoms with E-state index in [-0.39, 0.29) is 16.9 Å². The average Bonchev–Trinajstić information content (AvgIpc) is 2.74. The smallest absolute Gasteiger partial charge is 0.312 e. The first-order valence-corrected chi connectivity index (χ1v) is 8.89. The number of halogens is 1. The zero-order valence-corrected chi connectivity index (χ0v) is 15.3. The van der Waals surface area contributed by atoms with E-state index in [1.165, 1.54) is 0 Å². The molecule has 0 spiro atoms. The van der Waals surface area contributed by atoms with Gasteiger partial charge in [0.2, 0.25) is 0 Å². The largest absolute Gasteiger partial charge is 0.344 e. The maximum Gasteiger partial charge on any atom is 0.312 e. The van der Waals surface area contributed by atoms with Crippen LogP contribution in [-0.4, -0.2) is 29.3 Å². The Morgan fingerprint density at radius 1 is 1.21 bits per heavy atom. The zero-order chi connectivity index (χ0) is 17.5. The van der Waals surface area contributed by atoms with E-state index in [0.29, 0.717) is 18.1 Å². The topological polar surface area (TPSA) is 49.4 Å². The van der Waals surface area contributed by atoms with E-state index in [2.05, 4.69) is 26.1 Å². The number of carbonyl (C=O) groups is 2. The minimum Gasteiger partial charge on any atom is -0.344 e. The third kappa shape index (κ3) is 3.59. The van der Waals surface area contributed by atoms with Crippen LogP contribution in [0.3, 0.4) is 0 Å². The van der Waals surface area contributed by atoms with Crippen LogP contribution in [0.15, 0.2) is 24.3 Å². The standard InChI is InChI=1S/C19H25ClN2O2/c1-18(2)8-15-9-19(3,11-18)12-22(15)17(24)16(23)21-10-13-4-6-14(20)7-5-13/h4-7,15H,8-12H2,1-3H3,(H,21,23).